The van der Waals surface area contributed by atoms with Crippen molar-refractivity contribution in [3.8, 4) is 11.5 Å². The van der Waals surface area contributed by atoms with Gasteiger partial charge < -0.3 is 25.0 Å². The molecule has 2 aliphatic heterocycles. The van der Waals surface area contributed by atoms with Gasteiger partial charge in [-0.05, 0) is 31.2 Å². The van der Waals surface area contributed by atoms with E-state index < -0.39 is 29.2 Å². The van der Waals surface area contributed by atoms with E-state index in [2.05, 4.69) is 19.2 Å². The summed E-state index contributed by atoms with van der Waals surface area (Å²) in [5, 5.41) is 24.9. The predicted octanol–water partition coefficient (Wildman–Crippen LogP) is 3.08. The van der Waals surface area contributed by atoms with Gasteiger partial charge in [-0.3, -0.25) is 9.59 Å². The van der Waals surface area contributed by atoms with Crippen molar-refractivity contribution in [3.63, 3.8) is 0 Å². The van der Waals surface area contributed by atoms with E-state index in [9.17, 15) is 19.8 Å². The summed E-state index contributed by atoms with van der Waals surface area (Å²) in [5.41, 5.74) is 0.380. The van der Waals surface area contributed by atoms with E-state index in [4.69, 9.17) is 9.47 Å². The number of phenolic OH excluding ortho intramolecular Hbond substituents is 1. The summed E-state index contributed by atoms with van der Waals surface area (Å²) in [7, 11) is 0. The molecule has 32 heavy (non-hydrogen) atoms. The maximum absolute atomic E-state index is 12.3. The summed E-state index contributed by atoms with van der Waals surface area (Å²) in [6.45, 7) is 10.2. The standard InChI is InChI=1S/C25H33NO6/c1-12-6-7-19-23(3,4)21(29)18(31-13(2)27)10-25(19)24(12,5)9-15-17(28)8-14-16(20(15)32-25)11-26-22(14)30/h8,12,18-19,21,28-29H,6-7,9-11H2,1-5H3,(H,26,30)/t12-,18-,19-,21-,24+,25-/m0/s1. The molecule has 4 aliphatic rings. The van der Waals surface area contributed by atoms with Gasteiger partial charge in [0.2, 0.25) is 0 Å². The molecule has 0 radical (unpaired) electrons. The molecule has 174 valence electrons. The molecule has 0 aromatic heterocycles. The van der Waals surface area contributed by atoms with E-state index in [0.717, 1.165) is 24.0 Å². The molecule has 2 aliphatic carbocycles. The smallest absolute Gasteiger partial charge is 0.302 e. The second kappa shape index (κ2) is 6.62. The van der Waals surface area contributed by atoms with E-state index in [1.807, 2.05) is 13.8 Å². The number of carbonyl (C=O) groups excluding carboxylic acids is 2. The first-order chi connectivity index (χ1) is 14.9. The number of fused-ring (bicyclic) bond motifs is 3. The fourth-order valence-corrected chi connectivity index (χ4v) is 7.32. The van der Waals surface area contributed by atoms with Crippen LogP contribution in [0.1, 0.15) is 75.4 Å². The predicted molar refractivity (Wildman–Crippen MR) is 116 cm³/mol. The summed E-state index contributed by atoms with van der Waals surface area (Å²) < 4.78 is 12.7. The third-order valence-corrected chi connectivity index (χ3v) is 9.30. The van der Waals surface area contributed by atoms with Crippen molar-refractivity contribution in [3.05, 3.63) is 22.8 Å². The zero-order valence-electron chi connectivity index (χ0n) is 19.4. The van der Waals surface area contributed by atoms with Crippen molar-refractivity contribution in [1.82, 2.24) is 5.32 Å². The van der Waals surface area contributed by atoms with E-state index in [-0.39, 0.29) is 23.0 Å². The highest BCUT2D eigenvalue weighted by Crippen LogP contribution is 2.67. The lowest BCUT2D eigenvalue weighted by molar-refractivity contribution is -0.264. The van der Waals surface area contributed by atoms with Crippen LogP contribution in [0.15, 0.2) is 6.07 Å². The maximum Gasteiger partial charge on any atom is 0.302 e. The van der Waals surface area contributed by atoms with Crippen molar-refractivity contribution in [2.24, 2.45) is 22.7 Å². The minimum absolute atomic E-state index is 0.0224. The highest BCUT2D eigenvalue weighted by Gasteiger charge is 2.70. The summed E-state index contributed by atoms with van der Waals surface area (Å²) in [4.78, 5) is 24.2. The third-order valence-electron chi connectivity index (χ3n) is 9.30. The Bertz CT molecular complexity index is 1020. The molecule has 0 saturated heterocycles. The first-order valence-electron chi connectivity index (χ1n) is 11.6. The Kier molecular flexibility index (Phi) is 4.46. The van der Waals surface area contributed by atoms with E-state index in [1.54, 1.807) is 6.07 Å². The number of aliphatic hydroxyl groups excluding tert-OH is 1. The number of aliphatic hydroxyl groups is 1. The van der Waals surface area contributed by atoms with Crippen LogP contribution >= 0.6 is 0 Å². The first-order valence-corrected chi connectivity index (χ1v) is 11.6. The lowest BCUT2D eigenvalue weighted by atomic mass is 9.43. The zero-order chi connectivity index (χ0) is 23.2. The number of hydrogen-bond donors (Lipinski definition) is 3. The van der Waals surface area contributed by atoms with Crippen molar-refractivity contribution >= 4 is 11.9 Å². The van der Waals surface area contributed by atoms with E-state index in [0.29, 0.717) is 36.6 Å². The van der Waals surface area contributed by atoms with Gasteiger partial charge >= 0.3 is 5.97 Å². The average molecular weight is 444 g/mol. The van der Waals surface area contributed by atoms with Crippen LogP contribution in [0, 0.1) is 22.7 Å². The fourth-order valence-electron chi connectivity index (χ4n) is 7.32. The molecule has 3 N–H and O–H groups in total. The molecule has 6 atom stereocenters. The van der Waals surface area contributed by atoms with Crippen LogP contribution in [0.3, 0.4) is 0 Å². The molecular formula is C25H33NO6. The van der Waals surface area contributed by atoms with Gasteiger partial charge in [-0.1, -0.05) is 27.7 Å². The normalized spacial score (nSPS) is 39.0. The van der Waals surface area contributed by atoms with Crippen LogP contribution < -0.4 is 10.1 Å². The first kappa shape index (κ1) is 21.6. The molecule has 1 aromatic rings. The molecule has 1 amide bonds. The minimum atomic E-state index is -0.803. The highest BCUT2D eigenvalue weighted by atomic mass is 16.6. The van der Waals surface area contributed by atoms with Gasteiger partial charge in [0.1, 0.15) is 23.2 Å². The number of ether oxygens (including phenoxy) is 2. The second-order valence-corrected chi connectivity index (χ2v) is 11.1. The third kappa shape index (κ3) is 2.57. The van der Waals surface area contributed by atoms with Gasteiger partial charge in [0.15, 0.2) is 0 Å². The summed E-state index contributed by atoms with van der Waals surface area (Å²) in [6, 6.07) is 1.56. The fraction of sp³-hybridized carbons (Fsp3) is 0.680. The van der Waals surface area contributed by atoms with Gasteiger partial charge in [0.25, 0.3) is 5.91 Å². The van der Waals surface area contributed by atoms with Crippen LogP contribution in [0.4, 0.5) is 0 Å². The summed E-state index contributed by atoms with van der Waals surface area (Å²) >= 11 is 0. The molecule has 1 spiro atoms. The van der Waals surface area contributed by atoms with Crippen LogP contribution in [-0.4, -0.2) is 39.9 Å². The van der Waals surface area contributed by atoms with Crippen molar-refractivity contribution in [1.29, 1.82) is 0 Å². The number of phenols is 1. The van der Waals surface area contributed by atoms with Crippen molar-refractivity contribution in [2.75, 3.05) is 0 Å². The molecule has 5 rings (SSSR count). The lowest BCUT2D eigenvalue weighted by Crippen LogP contribution is -2.73. The summed E-state index contributed by atoms with van der Waals surface area (Å²) in [5.74, 6) is 0.363. The van der Waals surface area contributed by atoms with Gasteiger partial charge in [-0.25, -0.2) is 0 Å². The van der Waals surface area contributed by atoms with Crippen LogP contribution in [0.5, 0.6) is 11.5 Å². The molecular weight excluding hydrogens is 410 g/mol. The van der Waals surface area contributed by atoms with E-state index >= 15 is 0 Å². The number of nitrogens with one attached hydrogen (secondary N) is 1. The molecule has 2 fully saturated rings. The van der Waals surface area contributed by atoms with Gasteiger partial charge in [0, 0.05) is 47.8 Å². The number of aromatic hydroxyl groups is 1. The number of hydrogen-bond acceptors (Lipinski definition) is 6. The largest absolute Gasteiger partial charge is 0.508 e. The maximum atomic E-state index is 12.3. The van der Waals surface area contributed by atoms with Crippen LogP contribution in [0.25, 0.3) is 0 Å². The Labute approximate surface area is 188 Å². The monoisotopic (exact) mass is 443 g/mol. The number of rotatable bonds is 1. The molecule has 0 unspecified atom stereocenters. The van der Waals surface area contributed by atoms with Gasteiger partial charge in [0.05, 0.1) is 11.7 Å². The molecule has 2 saturated carbocycles. The van der Waals surface area contributed by atoms with Crippen LogP contribution in [-0.2, 0) is 22.5 Å². The van der Waals surface area contributed by atoms with Crippen molar-refractivity contribution < 1.29 is 29.3 Å². The Morgan fingerprint density at radius 2 is 1.97 bits per heavy atom. The Balaban J connectivity index is 1.72. The summed E-state index contributed by atoms with van der Waals surface area (Å²) in [6.07, 6.45) is 1.38. The van der Waals surface area contributed by atoms with Crippen molar-refractivity contribution in [2.45, 2.75) is 84.7 Å². The Morgan fingerprint density at radius 1 is 1.25 bits per heavy atom. The Morgan fingerprint density at radius 3 is 2.66 bits per heavy atom. The molecule has 2 heterocycles. The second-order valence-electron chi connectivity index (χ2n) is 11.1. The van der Waals surface area contributed by atoms with E-state index in [1.165, 1.54) is 6.92 Å². The van der Waals surface area contributed by atoms with Crippen LogP contribution in [0.2, 0.25) is 0 Å². The highest BCUT2D eigenvalue weighted by molar-refractivity contribution is 6.00. The zero-order valence-corrected chi connectivity index (χ0v) is 19.4. The number of benzene rings is 1. The minimum Gasteiger partial charge on any atom is -0.508 e. The Hall–Kier alpha value is -2.28. The lowest BCUT2D eigenvalue weighted by Gasteiger charge is -2.67. The number of esters is 1. The SMILES string of the molecule is CC(=O)O[C@H]1C[C@@]23Oc4c(c(O)cc5c4CNC5=O)C[C@]2(C)[C@@H](C)CC[C@H]3C(C)(C)[C@H]1O. The molecule has 1 aromatic carbocycles. The van der Waals surface area contributed by atoms with Gasteiger partial charge in [-0.15, -0.1) is 0 Å². The number of carbonyl (C=O) groups is 2. The molecule has 0 bridgehead atoms. The quantitative estimate of drug-likeness (QED) is 0.576. The average Bonchev–Trinajstić information content (AvgIpc) is 3.07. The van der Waals surface area contributed by atoms with Gasteiger partial charge in [-0.2, -0.15) is 0 Å². The molecule has 7 heteroatoms. The molecule has 7 nitrogen and oxygen atoms in total. The topological polar surface area (TPSA) is 105 Å². The number of amides is 1.